The lowest BCUT2D eigenvalue weighted by atomic mass is 9.96. The molecule has 1 unspecified atom stereocenters. The molecule has 22 heavy (non-hydrogen) atoms. The van der Waals surface area contributed by atoms with Crippen LogP contribution < -0.4 is 0 Å². The summed E-state index contributed by atoms with van der Waals surface area (Å²) in [6, 6.07) is 9.17. The highest BCUT2D eigenvalue weighted by Crippen LogP contribution is 2.25. The fourth-order valence-corrected chi connectivity index (χ4v) is 5.25. The Morgan fingerprint density at radius 3 is 2.27 bits per heavy atom. The van der Waals surface area contributed by atoms with Gasteiger partial charge in [0.15, 0.2) is 0 Å². The van der Waals surface area contributed by atoms with Gasteiger partial charge in [-0.2, -0.15) is 0 Å². The molecule has 0 aliphatic carbocycles. The van der Waals surface area contributed by atoms with E-state index in [0.717, 1.165) is 18.0 Å². The van der Waals surface area contributed by atoms with Gasteiger partial charge in [-0.3, -0.25) is 0 Å². The van der Waals surface area contributed by atoms with Crippen LogP contribution in [0.5, 0.6) is 0 Å². The quantitative estimate of drug-likeness (QED) is 0.544. The van der Waals surface area contributed by atoms with Crippen LogP contribution in [0, 0.1) is 0 Å². The van der Waals surface area contributed by atoms with Gasteiger partial charge in [-0.05, 0) is 25.0 Å². The fraction of sp³-hybridized carbons (Fsp3) is 0.556. The summed E-state index contributed by atoms with van der Waals surface area (Å²) in [6.45, 7) is 14.1. The van der Waals surface area contributed by atoms with Crippen molar-refractivity contribution >= 4 is 14.9 Å². The maximum Gasteiger partial charge on any atom is 0.500 e. The van der Waals surface area contributed by atoms with E-state index in [1.54, 1.807) is 0 Å². The number of benzene rings is 1. The van der Waals surface area contributed by atoms with E-state index in [1.165, 1.54) is 5.56 Å². The first-order chi connectivity index (χ1) is 10.6. The summed E-state index contributed by atoms with van der Waals surface area (Å²) in [5.41, 5.74) is 2.42. The van der Waals surface area contributed by atoms with Crippen LogP contribution in [0.4, 0.5) is 0 Å². The first kappa shape index (κ1) is 19.1. The van der Waals surface area contributed by atoms with Crippen LogP contribution >= 0.6 is 0 Å². The molecule has 0 spiro atoms. The van der Waals surface area contributed by atoms with Crippen LogP contribution in [0.2, 0.25) is 6.04 Å². The van der Waals surface area contributed by atoms with Crippen LogP contribution in [0.1, 0.15) is 51.2 Å². The molecule has 1 rings (SSSR count). The molecule has 0 N–H and O–H groups in total. The summed E-state index contributed by atoms with van der Waals surface area (Å²) in [5.74, 6) is 0.277. The van der Waals surface area contributed by atoms with Crippen LogP contribution in [0.3, 0.4) is 0 Å². The van der Waals surface area contributed by atoms with Crippen LogP contribution in [-0.2, 0) is 13.3 Å². The van der Waals surface area contributed by atoms with Crippen molar-refractivity contribution in [1.82, 2.24) is 0 Å². The highest BCUT2D eigenvalue weighted by Gasteiger charge is 2.40. The van der Waals surface area contributed by atoms with E-state index in [1.807, 2.05) is 26.0 Å². The van der Waals surface area contributed by atoms with E-state index < -0.39 is 8.80 Å². The molecule has 4 heteroatoms. The van der Waals surface area contributed by atoms with Gasteiger partial charge >= 0.3 is 8.80 Å². The molecule has 0 aliphatic rings. The van der Waals surface area contributed by atoms with E-state index in [2.05, 4.69) is 38.6 Å². The molecule has 0 saturated carbocycles. The van der Waals surface area contributed by atoms with Crippen molar-refractivity contribution in [3.63, 3.8) is 0 Å². The molecule has 0 heterocycles. The van der Waals surface area contributed by atoms with Gasteiger partial charge < -0.3 is 13.3 Å². The highest BCUT2D eigenvalue weighted by molar-refractivity contribution is 6.60. The van der Waals surface area contributed by atoms with Gasteiger partial charge in [0.25, 0.3) is 0 Å². The monoisotopic (exact) mass is 322 g/mol. The SMILES string of the molecule is C=Cc1ccccc1C(C)CO[Si](CCC)(OCC)OCC. The average Bonchev–Trinajstić information content (AvgIpc) is 2.53. The van der Waals surface area contributed by atoms with Crippen molar-refractivity contribution in [2.45, 2.75) is 46.1 Å². The van der Waals surface area contributed by atoms with Crippen LogP contribution in [0.15, 0.2) is 30.8 Å². The van der Waals surface area contributed by atoms with Crippen molar-refractivity contribution < 1.29 is 13.3 Å². The largest absolute Gasteiger partial charge is 0.500 e. The highest BCUT2D eigenvalue weighted by atomic mass is 28.4. The summed E-state index contributed by atoms with van der Waals surface area (Å²) in [5, 5.41) is 0. The van der Waals surface area contributed by atoms with Crippen molar-refractivity contribution in [3.8, 4) is 0 Å². The number of hydrogen-bond acceptors (Lipinski definition) is 3. The molecule has 124 valence electrons. The molecule has 0 fully saturated rings. The minimum Gasteiger partial charge on any atom is -0.374 e. The Hall–Kier alpha value is -0.943. The normalized spacial score (nSPS) is 13.1. The Bertz CT molecular complexity index is 431. The Morgan fingerprint density at radius 2 is 1.73 bits per heavy atom. The predicted molar refractivity (Wildman–Crippen MR) is 95.0 cm³/mol. The van der Waals surface area contributed by atoms with Crippen LogP contribution in [0.25, 0.3) is 6.08 Å². The molecule has 0 bridgehead atoms. The Labute approximate surface area is 136 Å². The third-order valence-corrected chi connectivity index (χ3v) is 6.76. The molecule has 0 radical (unpaired) electrons. The summed E-state index contributed by atoms with van der Waals surface area (Å²) in [4.78, 5) is 0. The molecule has 3 nitrogen and oxygen atoms in total. The van der Waals surface area contributed by atoms with E-state index in [-0.39, 0.29) is 5.92 Å². The van der Waals surface area contributed by atoms with Crippen LogP contribution in [-0.4, -0.2) is 28.6 Å². The van der Waals surface area contributed by atoms with Crippen molar-refractivity contribution in [1.29, 1.82) is 0 Å². The lowest BCUT2D eigenvalue weighted by molar-refractivity contribution is 0.0631. The molecule has 0 aromatic heterocycles. The second-order valence-electron chi connectivity index (χ2n) is 5.34. The summed E-state index contributed by atoms with van der Waals surface area (Å²) >= 11 is 0. The third-order valence-electron chi connectivity index (χ3n) is 3.58. The van der Waals surface area contributed by atoms with Gasteiger partial charge in [-0.25, -0.2) is 0 Å². The zero-order valence-electron chi connectivity index (χ0n) is 14.4. The summed E-state index contributed by atoms with van der Waals surface area (Å²) < 4.78 is 18.1. The maximum atomic E-state index is 6.23. The van der Waals surface area contributed by atoms with Crippen molar-refractivity contribution in [3.05, 3.63) is 42.0 Å². The van der Waals surface area contributed by atoms with Gasteiger partial charge in [-0.1, -0.05) is 57.2 Å². The minimum atomic E-state index is -2.54. The summed E-state index contributed by atoms with van der Waals surface area (Å²) in [7, 11) is -2.54. The summed E-state index contributed by atoms with van der Waals surface area (Å²) in [6.07, 6.45) is 2.90. The van der Waals surface area contributed by atoms with E-state index >= 15 is 0 Å². The van der Waals surface area contributed by atoms with Gasteiger partial charge in [0, 0.05) is 31.8 Å². The molecule has 0 aliphatic heterocycles. The molecule has 1 aromatic carbocycles. The molecular weight excluding hydrogens is 292 g/mol. The van der Waals surface area contributed by atoms with Gasteiger partial charge in [0.05, 0.1) is 0 Å². The van der Waals surface area contributed by atoms with E-state index in [4.69, 9.17) is 13.3 Å². The molecule has 1 aromatic rings. The molecule has 0 saturated heterocycles. The number of rotatable bonds is 11. The Balaban J connectivity index is 2.80. The third kappa shape index (κ3) is 5.36. The molecule has 0 amide bonds. The first-order valence-corrected chi connectivity index (χ1v) is 10.2. The first-order valence-electron chi connectivity index (χ1n) is 8.25. The van der Waals surface area contributed by atoms with Gasteiger partial charge in [0.1, 0.15) is 0 Å². The standard InChI is InChI=1S/C18H30O3Si/c1-6-14-22(19-8-3,20-9-4)21-15-16(5)18-13-11-10-12-17(18)7-2/h7,10-13,16H,2,6,8-9,14-15H2,1,3-5H3. The van der Waals surface area contributed by atoms with E-state index in [9.17, 15) is 0 Å². The zero-order valence-corrected chi connectivity index (χ0v) is 15.4. The minimum absolute atomic E-state index is 0.277. The van der Waals surface area contributed by atoms with Gasteiger partial charge in [-0.15, -0.1) is 0 Å². The Morgan fingerprint density at radius 1 is 1.09 bits per heavy atom. The van der Waals surface area contributed by atoms with Crippen molar-refractivity contribution in [2.75, 3.05) is 19.8 Å². The second-order valence-corrected chi connectivity index (χ2v) is 8.08. The predicted octanol–water partition coefficient (Wildman–Crippen LogP) is 4.87. The second kappa shape index (κ2) is 9.95. The average molecular weight is 323 g/mol. The van der Waals surface area contributed by atoms with E-state index in [0.29, 0.717) is 19.8 Å². The molecular formula is C18H30O3Si. The zero-order chi connectivity index (χ0) is 16.4. The smallest absolute Gasteiger partial charge is 0.374 e. The maximum absolute atomic E-state index is 6.23. The van der Waals surface area contributed by atoms with Crippen molar-refractivity contribution in [2.24, 2.45) is 0 Å². The number of hydrogen-bond donors (Lipinski definition) is 0. The lowest BCUT2D eigenvalue weighted by Gasteiger charge is -2.30. The fourth-order valence-electron chi connectivity index (χ4n) is 2.57. The Kier molecular flexibility index (Phi) is 8.64. The molecule has 1 atom stereocenters. The topological polar surface area (TPSA) is 27.7 Å². The van der Waals surface area contributed by atoms with Gasteiger partial charge in [0.2, 0.25) is 0 Å². The lowest BCUT2D eigenvalue weighted by Crippen LogP contribution is -2.46.